The summed E-state index contributed by atoms with van der Waals surface area (Å²) in [5.74, 6) is 1.05. The Labute approximate surface area is 167 Å². The molecule has 146 valence electrons. The second-order valence-corrected chi connectivity index (χ2v) is 7.82. The number of halogens is 1. The summed E-state index contributed by atoms with van der Waals surface area (Å²) in [5.41, 5.74) is 0.705. The van der Waals surface area contributed by atoms with Gasteiger partial charge < -0.3 is 15.5 Å². The molecule has 0 spiro atoms. The molecule has 1 aromatic carbocycles. The van der Waals surface area contributed by atoms with E-state index in [-0.39, 0.29) is 30.3 Å². The summed E-state index contributed by atoms with van der Waals surface area (Å²) in [7, 11) is 1.97. The van der Waals surface area contributed by atoms with E-state index in [1.54, 1.807) is 0 Å². The predicted octanol–water partition coefficient (Wildman–Crippen LogP) is 2.80. The number of carbonyl (C=O) groups excluding carboxylic acids is 2. The van der Waals surface area contributed by atoms with Crippen molar-refractivity contribution in [2.45, 2.75) is 37.6 Å². The molecule has 5 nitrogen and oxygen atoms in total. The molecule has 0 radical (unpaired) electrons. The highest BCUT2D eigenvalue weighted by molar-refractivity contribution is 8.00. The van der Waals surface area contributed by atoms with Crippen LogP contribution in [-0.4, -0.2) is 55.2 Å². The molecule has 1 aromatic rings. The first kappa shape index (κ1) is 22.8. The van der Waals surface area contributed by atoms with Crippen LogP contribution >= 0.6 is 24.2 Å². The lowest BCUT2D eigenvalue weighted by molar-refractivity contribution is -0.119. The predicted molar refractivity (Wildman–Crippen MR) is 110 cm³/mol. The number of rotatable bonds is 7. The van der Waals surface area contributed by atoms with E-state index in [2.05, 4.69) is 10.6 Å². The lowest BCUT2D eigenvalue weighted by Crippen LogP contribution is -2.40. The van der Waals surface area contributed by atoms with E-state index < -0.39 is 0 Å². The van der Waals surface area contributed by atoms with Crippen LogP contribution < -0.4 is 10.6 Å². The Morgan fingerprint density at radius 1 is 1.23 bits per heavy atom. The third kappa shape index (κ3) is 6.82. The van der Waals surface area contributed by atoms with Gasteiger partial charge in [0.1, 0.15) is 0 Å². The first-order valence-corrected chi connectivity index (χ1v) is 9.95. The number of benzene rings is 1. The maximum atomic E-state index is 12.9. The van der Waals surface area contributed by atoms with Gasteiger partial charge in [0, 0.05) is 24.0 Å². The Bertz CT molecular complexity index is 590. The number of thioether (sulfide) groups is 1. The second kappa shape index (κ2) is 11.5. The SMILES string of the molecule is CNCC1CCN(C(=O)c2ccccc2SCC(=O)NC(C)C)CC1.Cl. The van der Waals surface area contributed by atoms with Gasteiger partial charge in [-0.25, -0.2) is 0 Å². The molecule has 7 heteroatoms. The highest BCUT2D eigenvalue weighted by atomic mass is 35.5. The van der Waals surface area contributed by atoms with E-state index in [0.717, 1.165) is 37.4 Å². The molecule has 0 unspecified atom stereocenters. The van der Waals surface area contributed by atoms with Crippen LogP contribution in [0.3, 0.4) is 0 Å². The summed E-state index contributed by atoms with van der Waals surface area (Å²) in [5, 5.41) is 6.10. The van der Waals surface area contributed by atoms with Gasteiger partial charge >= 0.3 is 0 Å². The van der Waals surface area contributed by atoms with Gasteiger partial charge in [0.2, 0.25) is 5.91 Å². The van der Waals surface area contributed by atoms with E-state index in [1.807, 2.05) is 50.1 Å². The number of likely N-dealkylation sites (tertiary alicyclic amines) is 1. The molecule has 0 bridgehead atoms. The molecule has 1 aliphatic heterocycles. The number of nitrogens with zero attached hydrogens (tertiary/aromatic N) is 1. The van der Waals surface area contributed by atoms with Crippen LogP contribution in [0.2, 0.25) is 0 Å². The minimum Gasteiger partial charge on any atom is -0.353 e. The first-order chi connectivity index (χ1) is 12.0. The Morgan fingerprint density at radius 3 is 2.50 bits per heavy atom. The molecule has 1 aliphatic rings. The minimum atomic E-state index is -0.00451. The summed E-state index contributed by atoms with van der Waals surface area (Å²) in [6, 6.07) is 7.72. The van der Waals surface area contributed by atoms with Crippen molar-refractivity contribution < 1.29 is 9.59 Å². The van der Waals surface area contributed by atoms with E-state index >= 15 is 0 Å². The fourth-order valence-corrected chi connectivity index (χ4v) is 3.93. The fraction of sp³-hybridized carbons (Fsp3) is 0.579. The number of hydrogen-bond donors (Lipinski definition) is 2. The third-order valence-electron chi connectivity index (χ3n) is 4.32. The molecule has 0 saturated carbocycles. The van der Waals surface area contributed by atoms with Gasteiger partial charge in [-0.1, -0.05) is 12.1 Å². The van der Waals surface area contributed by atoms with Crippen molar-refractivity contribution in [1.82, 2.24) is 15.5 Å². The van der Waals surface area contributed by atoms with Crippen molar-refractivity contribution in [2.24, 2.45) is 5.92 Å². The largest absolute Gasteiger partial charge is 0.353 e. The van der Waals surface area contributed by atoms with Crippen molar-refractivity contribution in [3.8, 4) is 0 Å². The molecular formula is C19H30ClN3O2S. The molecule has 1 fully saturated rings. The second-order valence-electron chi connectivity index (χ2n) is 6.80. The topological polar surface area (TPSA) is 61.4 Å². The van der Waals surface area contributed by atoms with E-state index in [1.165, 1.54) is 11.8 Å². The molecule has 0 aliphatic carbocycles. The summed E-state index contributed by atoms with van der Waals surface area (Å²) in [4.78, 5) is 27.6. The van der Waals surface area contributed by atoms with Crippen molar-refractivity contribution in [2.75, 3.05) is 32.4 Å². The van der Waals surface area contributed by atoms with Gasteiger partial charge in [-0.3, -0.25) is 9.59 Å². The summed E-state index contributed by atoms with van der Waals surface area (Å²) < 4.78 is 0. The Kier molecular flexibility index (Phi) is 10.1. The molecule has 1 heterocycles. The van der Waals surface area contributed by atoms with Gasteiger partial charge in [0.25, 0.3) is 5.91 Å². The van der Waals surface area contributed by atoms with Crippen molar-refractivity contribution >= 4 is 36.0 Å². The minimum absolute atomic E-state index is 0. The summed E-state index contributed by atoms with van der Waals surface area (Å²) in [6.45, 7) is 6.50. The van der Waals surface area contributed by atoms with Crippen LogP contribution in [0.15, 0.2) is 29.2 Å². The lowest BCUT2D eigenvalue weighted by atomic mass is 9.96. The number of carbonyl (C=O) groups is 2. The molecule has 0 aromatic heterocycles. The van der Waals surface area contributed by atoms with Crippen LogP contribution in [0.25, 0.3) is 0 Å². The Morgan fingerprint density at radius 2 is 1.88 bits per heavy atom. The molecule has 2 amide bonds. The molecule has 2 N–H and O–H groups in total. The van der Waals surface area contributed by atoms with Crippen LogP contribution in [0.1, 0.15) is 37.0 Å². The van der Waals surface area contributed by atoms with E-state index in [4.69, 9.17) is 0 Å². The smallest absolute Gasteiger partial charge is 0.254 e. The van der Waals surface area contributed by atoms with Gasteiger partial charge in [-0.15, -0.1) is 24.2 Å². The van der Waals surface area contributed by atoms with Gasteiger partial charge in [-0.2, -0.15) is 0 Å². The van der Waals surface area contributed by atoms with Gasteiger partial charge in [-0.05, 0) is 58.3 Å². The number of piperidine rings is 1. The Balaban J connectivity index is 0.00000338. The molecule has 26 heavy (non-hydrogen) atoms. The normalized spacial score (nSPS) is 14.8. The summed E-state index contributed by atoms with van der Waals surface area (Å²) in [6.07, 6.45) is 2.08. The number of hydrogen-bond acceptors (Lipinski definition) is 4. The third-order valence-corrected chi connectivity index (χ3v) is 5.39. The Hall–Kier alpha value is -1.24. The van der Waals surface area contributed by atoms with Gasteiger partial charge in [0.05, 0.1) is 11.3 Å². The highest BCUT2D eigenvalue weighted by Gasteiger charge is 2.24. The lowest BCUT2D eigenvalue weighted by Gasteiger charge is -2.32. The molecule has 0 atom stereocenters. The van der Waals surface area contributed by atoms with Crippen molar-refractivity contribution in [3.05, 3.63) is 29.8 Å². The van der Waals surface area contributed by atoms with Crippen LogP contribution in [0.5, 0.6) is 0 Å². The number of amides is 2. The monoisotopic (exact) mass is 399 g/mol. The maximum absolute atomic E-state index is 12.9. The van der Waals surface area contributed by atoms with E-state index in [9.17, 15) is 9.59 Å². The highest BCUT2D eigenvalue weighted by Crippen LogP contribution is 2.26. The van der Waals surface area contributed by atoms with E-state index in [0.29, 0.717) is 17.2 Å². The molecule has 1 saturated heterocycles. The van der Waals surface area contributed by atoms with Crippen LogP contribution in [0, 0.1) is 5.92 Å². The maximum Gasteiger partial charge on any atom is 0.254 e. The standard InChI is InChI=1S/C19H29N3O2S.ClH/c1-14(2)21-18(23)13-25-17-7-5-4-6-16(17)19(24)22-10-8-15(9-11-22)12-20-3;/h4-7,14-15,20H,8-13H2,1-3H3,(H,21,23);1H. The van der Waals surface area contributed by atoms with Crippen LogP contribution in [-0.2, 0) is 4.79 Å². The zero-order valence-electron chi connectivity index (χ0n) is 15.8. The van der Waals surface area contributed by atoms with Crippen LogP contribution in [0.4, 0.5) is 0 Å². The van der Waals surface area contributed by atoms with Crippen molar-refractivity contribution in [3.63, 3.8) is 0 Å². The quantitative estimate of drug-likeness (QED) is 0.692. The van der Waals surface area contributed by atoms with Gasteiger partial charge in [0.15, 0.2) is 0 Å². The van der Waals surface area contributed by atoms with Crippen molar-refractivity contribution in [1.29, 1.82) is 0 Å². The average molecular weight is 400 g/mol. The first-order valence-electron chi connectivity index (χ1n) is 8.96. The zero-order chi connectivity index (χ0) is 18.2. The zero-order valence-corrected chi connectivity index (χ0v) is 17.4. The fourth-order valence-electron chi connectivity index (χ4n) is 3.08. The molecular weight excluding hydrogens is 370 g/mol. The number of nitrogens with one attached hydrogen (secondary N) is 2. The molecule has 2 rings (SSSR count). The average Bonchev–Trinajstić information content (AvgIpc) is 2.60. The summed E-state index contributed by atoms with van der Waals surface area (Å²) >= 11 is 1.43.